The monoisotopic (exact) mass is 237 g/mol. The van der Waals surface area contributed by atoms with Crippen LogP contribution in [0, 0.1) is 11.3 Å². The molecule has 1 atom stereocenters. The second-order valence-electron chi connectivity index (χ2n) is 5.80. The van der Waals surface area contributed by atoms with E-state index in [1.54, 1.807) is 0 Å². The number of rotatable bonds is 4. The van der Waals surface area contributed by atoms with Gasteiger partial charge in [-0.2, -0.15) is 0 Å². The molecule has 0 radical (unpaired) electrons. The van der Waals surface area contributed by atoms with Crippen molar-refractivity contribution in [2.24, 2.45) is 17.1 Å². The maximum absolute atomic E-state index is 11.6. The first kappa shape index (κ1) is 12.2. The van der Waals surface area contributed by atoms with Gasteiger partial charge in [0.25, 0.3) is 0 Å². The van der Waals surface area contributed by atoms with E-state index >= 15 is 0 Å². The van der Waals surface area contributed by atoms with Gasteiger partial charge in [-0.15, -0.1) is 10.2 Å². The molecule has 0 aliphatic heterocycles. The van der Waals surface area contributed by atoms with Crippen LogP contribution in [0.5, 0.6) is 0 Å². The molecule has 2 rings (SSSR count). The Morgan fingerprint density at radius 1 is 1.47 bits per heavy atom. The lowest BCUT2D eigenvalue weighted by Crippen LogP contribution is -2.26. The van der Waals surface area contributed by atoms with Crippen molar-refractivity contribution in [1.29, 1.82) is 0 Å². The number of aromatic nitrogens is 2. The second-order valence-corrected chi connectivity index (χ2v) is 5.80. The van der Waals surface area contributed by atoms with Gasteiger partial charge in [-0.25, -0.2) is 0 Å². The molecule has 94 valence electrons. The predicted molar refractivity (Wildman–Crippen MR) is 62.1 cm³/mol. The van der Waals surface area contributed by atoms with E-state index in [0.29, 0.717) is 11.8 Å². The van der Waals surface area contributed by atoms with Crippen molar-refractivity contribution in [2.45, 2.75) is 46.1 Å². The Bertz CT molecular complexity index is 416. The molecule has 0 amide bonds. The minimum absolute atomic E-state index is 0.135. The van der Waals surface area contributed by atoms with Gasteiger partial charge in [0.15, 0.2) is 0 Å². The molecule has 1 saturated carbocycles. The summed E-state index contributed by atoms with van der Waals surface area (Å²) >= 11 is 0. The second kappa shape index (κ2) is 4.22. The Morgan fingerprint density at radius 2 is 2.12 bits per heavy atom. The highest BCUT2D eigenvalue weighted by Crippen LogP contribution is 2.32. The first-order chi connectivity index (χ1) is 7.88. The average molecular weight is 237 g/mol. The summed E-state index contributed by atoms with van der Waals surface area (Å²) in [4.78, 5) is 11.6. The summed E-state index contributed by atoms with van der Waals surface area (Å²) in [5, 5.41) is 7.80. The summed E-state index contributed by atoms with van der Waals surface area (Å²) in [6.45, 7) is 6.03. The maximum Gasteiger partial charge on any atom is 0.233 e. The van der Waals surface area contributed by atoms with Crippen molar-refractivity contribution >= 4 is 5.78 Å². The lowest BCUT2D eigenvalue weighted by atomic mass is 9.87. The summed E-state index contributed by atoms with van der Waals surface area (Å²) in [7, 11) is 0. The van der Waals surface area contributed by atoms with E-state index in [4.69, 9.17) is 10.2 Å². The van der Waals surface area contributed by atoms with Crippen LogP contribution in [0.4, 0.5) is 0 Å². The highest BCUT2D eigenvalue weighted by molar-refractivity contribution is 5.84. The van der Waals surface area contributed by atoms with Crippen LogP contribution in [0.15, 0.2) is 4.42 Å². The van der Waals surface area contributed by atoms with Crippen molar-refractivity contribution in [3.63, 3.8) is 0 Å². The molecular formula is C12H19N3O2. The summed E-state index contributed by atoms with van der Waals surface area (Å²) in [6, 6.07) is -0.306. The SMILES string of the molecule is CC(C)(C)[C@H](N)c1nnc(CC(=O)C2CC2)o1. The van der Waals surface area contributed by atoms with Crippen LogP contribution in [-0.2, 0) is 11.2 Å². The number of nitrogens with two attached hydrogens (primary N) is 1. The maximum atomic E-state index is 11.6. The first-order valence-corrected chi connectivity index (χ1v) is 5.98. The zero-order valence-corrected chi connectivity index (χ0v) is 10.6. The molecule has 1 heterocycles. The number of carbonyl (C=O) groups is 1. The smallest absolute Gasteiger partial charge is 0.233 e. The van der Waals surface area contributed by atoms with Crippen molar-refractivity contribution < 1.29 is 9.21 Å². The normalized spacial score (nSPS) is 18.1. The predicted octanol–water partition coefficient (Wildman–Crippen LogP) is 1.64. The van der Waals surface area contributed by atoms with Gasteiger partial charge >= 0.3 is 0 Å². The first-order valence-electron chi connectivity index (χ1n) is 5.98. The fraction of sp³-hybridized carbons (Fsp3) is 0.750. The van der Waals surface area contributed by atoms with Gasteiger partial charge in [-0.3, -0.25) is 4.79 Å². The van der Waals surface area contributed by atoms with E-state index in [2.05, 4.69) is 10.2 Å². The van der Waals surface area contributed by atoms with Gasteiger partial charge in [0.05, 0.1) is 12.5 Å². The molecule has 5 heteroatoms. The van der Waals surface area contributed by atoms with Gasteiger partial charge in [-0.05, 0) is 18.3 Å². The fourth-order valence-corrected chi connectivity index (χ4v) is 1.53. The zero-order chi connectivity index (χ0) is 12.6. The molecular weight excluding hydrogens is 218 g/mol. The molecule has 1 fully saturated rings. The van der Waals surface area contributed by atoms with E-state index in [-0.39, 0.29) is 29.6 Å². The van der Waals surface area contributed by atoms with E-state index in [1.807, 2.05) is 20.8 Å². The van der Waals surface area contributed by atoms with Crippen LogP contribution in [-0.4, -0.2) is 16.0 Å². The molecule has 0 bridgehead atoms. The van der Waals surface area contributed by atoms with Crippen LogP contribution in [0.25, 0.3) is 0 Å². The number of hydrogen-bond donors (Lipinski definition) is 1. The Hall–Kier alpha value is -1.23. The van der Waals surface area contributed by atoms with E-state index in [0.717, 1.165) is 12.8 Å². The molecule has 0 saturated heterocycles. The average Bonchev–Trinajstić information content (AvgIpc) is 2.98. The standard InChI is InChI=1S/C12H19N3O2/c1-12(2,3)10(13)11-15-14-9(17-11)6-8(16)7-4-5-7/h7,10H,4-6,13H2,1-3H3/t10-/m1/s1. The topological polar surface area (TPSA) is 82.0 Å². The molecule has 0 spiro atoms. The van der Waals surface area contributed by atoms with E-state index in [9.17, 15) is 4.79 Å². The Labute approximate surface area is 101 Å². The number of Topliss-reactive ketones (excluding diaryl/α,β-unsaturated/α-hetero) is 1. The van der Waals surface area contributed by atoms with Crippen LogP contribution in [0.2, 0.25) is 0 Å². The summed E-state index contributed by atoms with van der Waals surface area (Å²) in [6.07, 6.45) is 2.25. The largest absolute Gasteiger partial charge is 0.423 e. The minimum atomic E-state index is -0.306. The third kappa shape index (κ3) is 2.91. The Morgan fingerprint density at radius 3 is 2.65 bits per heavy atom. The molecule has 2 N–H and O–H groups in total. The van der Waals surface area contributed by atoms with E-state index in [1.165, 1.54) is 0 Å². The Kier molecular flexibility index (Phi) is 3.03. The van der Waals surface area contributed by atoms with Gasteiger partial charge in [0.2, 0.25) is 11.8 Å². The number of nitrogens with zero attached hydrogens (tertiary/aromatic N) is 2. The summed E-state index contributed by atoms with van der Waals surface area (Å²) < 4.78 is 5.45. The van der Waals surface area contributed by atoms with Crippen LogP contribution in [0.3, 0.4) is 0 Å². The van der Waals surface area contributed by atoms with Crippen molar-refractivity contribution in [2.75, 3.05) is 0 Å². The quantitative estimate of drug-likeness (QED) is 0.860. The summed E-state index contributed by atoms with van der Waals surface area (Å²) in [5.41, 5.74) is 5.87. The van der Waals surface area contributed by atoms with Gasteiger partial charge in [0, 0.05) is 5.92 Å². The van der Waals surface area contributed by atoms with Gasteiger partial charge in [-0.1, -0.05) is 20.8 Å². The zero-order valence-electron chi connectivity index (χ0n) is 10.6. The van der Waals surface area contributed by atoms with Crippen molar-refractivity contribution in [1.82, 2.24) is 10.2 Å². The van der Waals surface area contributed by atoms with Crippen LogP contribution in [0.1, 0.15) is 51.4 Å². The molecule has 1 aromatic heterocycles. The highest BCUT2D eigenvalue weighted by atomic mass is 16.4. The molecule has 0 aromatic carbocycles. The lowest BCUT2D eigenvalue weighted by molar-refractivity contribution is -0.119. The van der Waals surface area contributed by atoms with Crippen molar-refractivity contribution in [3.8, 4) is 0 Å². The third-order valence-electron chi connectivity index (χ3n) is 3.04. The van der Waals surface area contributed by atoms with E-state index < -0.39 is 0 Å². The fourth-order valence-electron chi connectivity index (χ4n) is 1.53. The molecule has 1 aromatic rings. The van der Waals surface area contributed by atoms with Crippen LogP contribution < -0.4 is 5.73 Å². The minimum Gasteiger partial charge on any atom is -0.423 e. The molecule has 1 aliphatic carbocycles. The molecule has 5 nitrogen and oxygen atoms in total. The lowest BCUT2D eigenvalue weighted by Gasteiger charge is -2.23. The molecule has 1 aliphatic rings. The molecule has 17 heavy (non-hydrogen) atoms. The highest BCUT2D eigenvalue weighted by Gasteiger charge is 2.31. The van der Waals surface area contributed by atoms with Gasteiger partial charge in [0.1, 0.15) is 5.78 Å². The number of carbonyl (C=O) groups excluding carboxylic acids is 1. The number of hydrogen-bond acceptors (Lipinski definition) is 5. The van der Waals surface area contributed by atoms with Crippen LogP contribution >= 0.6 is 0 Å². The molecule has 0 unspecified atom stereocenters. The van der Waals surface area contributed by atoms with Crippen molar-refractivity contribution in [3.05, 3.63) is 11.8 Å². The Balaban J connectivity index is 2.02. The summed E-state index contributed by atoms with van der Waals surface area (Å²) in [5.74, 6) is 1.22. The number of ketones is 1. The van der Waals surface area contributed by atoms with Gasteiger partial charge < -0.3 is 10.2 Å². The third-order valence-corrected chi connectivity index (χ3v) is 3.04.